The normalized spacial score (nSPS) is 12.0. The minimum atomic E-state index is -3.34. The summed E-state index contributed by atoms with van der Waals surface area (Å²) in [4.78, 5) is 0. The molecule has 0 aromatic carbocycles. The van der Waals surface area contributed by atoms with Gasteiger partial charge in [0, 0.05) is 26.1 Å². The SMILES string of the molecule is C#CCCNS(=O)(=O)N(C)C(C)C. The Hall–Kier alpha value is -0.570. The van der Waals surface area contributed by atoms with E-state index < -0.39 is 10.2 Å². The summed E-state index contributed by atoms with van der Waals surface area (Å²) in [6.45, 7) is 3.90. The molecule has 1 N–H and O–H groups in total. The minimum absolute atomic E-state index is 0.0525. The van der Waals surface area contributed by atoms with Crippen LogP contribution in [-0.2, 0) is 10.2 Å². The second-order valence-electron chi connectivity index (χ2n) is 2.96. The molecule has 0 aromatic rings. The third kappa shape index (κ3) is 4.27. The van der Waals surface area contributed by atoms with Crippen LogP contribution in [0.2, 0.25) is 0 Å². The molecule has 0 radical (unpaired) electrons. The lowest BCUT2D eigenvalue weighted by atomic mass is 10.4. The van der Waals surface area contributed by atoms with Crippen molar-refractivity contribution in [2.75, 3.05) is 13.6 Å². The molecule has 5 heteroatoms. The van der Waals surface area contributed by atoms with Crippen LogP contribution in [0, 0.1) is 12.3 Å². The lowest BCUT2D eigenvalue weighted by Crippen LogP contribution is -2.42. The first-order valence-corrected chi connectivity index (χ1v) is 5.52. The smallest absolute Gasteiger partial charge is 0.201 e. The van der Waals surface area contributed by atoms with Gasteiger partial charge in [0.2, 0.25) is 0 Å². The summed E-state index contributed by atoms with van der Waals surface area (Å²) in [7, 11) is -1.81. The summed E-state index contributed by atoms with van der Waals surface area (Å²) >= 11 is 0. The molecule has 0 aromatic heterocycles. The highest BCUT2D eigenvalue weighted by Gasteiger charge is 2.18. The van der Waals surface area contributed by atoms with E-state index >= 15 is 0 Å². The van der Waals surface area contributed by atoms with Gasteiger partial charge in [0.25, 0.3) is 10.2 Å². The van der Waals surface area contributed by atoms with Gasteiger partial charge in [-0.2, -0.15) is 12.7 Å². The second kappa shape index (κ2) is 5.22. The van der Waals surface area contributed by atoms with Crippen molar-refractivity contribution in [1.29, 1.82) is 0 Å². The Morgan fingerprint density at radius 2 is 2.08 bits per heavy atom. The maximum absolute atomic E-state index is 11.4. The summed E-state index contributed by atoms with van der Waals surface area (Å²) in [5, 5.41) is 0. The van der Waals surface area contributed by atoms with Crippen molar-refractivity contribution in [3.05, 3.63) is 0 Å². The Bertz CT molecular complexity index is 277. The van der Waals surface area contributed by atoms with Gasteiger partial charge in [0.15, 0.2) is 0 Å². The highest BCUT2D eigenvalue weighted by molar-refractivity contribution is 7.87. The van der Waals surface area contributed by atoms with Gasteiger partial charge >= 0.3 is 0 Å². The van der Waals surface area contributed by atoms with E-state index in [0.717, 1.165) is 0 Å². The van der Waals surface area contributed by atoms with Crippen LogP contribution in [0.1, 0.15) is 20.3 Å². The van der Waals surface area contributed by atoms with Crippen molar-refractivity contribution in [3.63, 3.8) is 0 Å². The van der Waals surface area contributed by atoms with Gasteiger partial charge in [-0.1, -0.05) is 0 Å². The molecule has 0 saturated heterocycles. The first-order valence-electron chi connectivity index (χ1n) is 4.08. The molecule has 0 bridgehead atoms. The van der Waals surface area contributed by atoms with Crippen molar-refractivity contribution in [1.82, 2.24) is 9.03 Å². The Morgan fingerprint density at radius 1 is 1.54 bits per heavy atom. The number of nitrogens with one attached hydrogen (secondary N) is 1. The third-order valence-corrected chi connectivity index (χ3v) is 3.41. The van der Waals surface area contributed by atoms with E-state index in [-0.39, 0.29) is 12.6 Å². The minimum Gasteiger partial charge on any atom is -0.201 e. The molecule has 0 atom stereocenters. The van der Waals surface area contributed by atoms with Crippen LogP contribution >= 0.6 is 0 Å². The highest BCUT2D eigenvalue weighted by Crippen LogP contribution is 1.99. The number of terminal acetylenes is 1. The van der Waals surface area contributed by atoms with Gasteiger partial charge in [0.05, 0.1) is 0 Å². The summed E-state index contributed by atoms with van der Waals surface area (Å²) in [6.07, 6.45) is 5.40. The predicted molar refractivity (Wildman–Crippen MR) is 53.3 cm³/mol. The first-order chi connectivity index (χ1) is 5.91. The van der Waals surface area contributed by atoms with E-state index in [1.54, 1.807) is 13.8 Å². The van der Waals surface area contributed by atoms with E-state index in [1.807, 2.05) is 0 Å². The van der Waals surface area contributed by atoms with Gasteiger partial charge in [-0.15, -0.1) is 12.3 Å². The molecule has 0 rings (SSSR count). The number of rotatable bonds is 5. The monoisotopic (exact) mass is 204 g/mol. The number of hydrogen-bond acceptors (Lipinski definition) is 2. The zero-order valence-electron chi connectivity index (χ0n) is 8.24. The van der Waals surface area contributed by atoms with E-state index in [2.05, 4.69) is 10.6 Å². The van der Waals surface area contributed by atoms with Crippen molar-refractivity contribution < 1.29 is 8.42 Å². The molecule has 0 amide bonds. The largest absolute Gasteiger partial charge is 0.279 e. The van der Waals surface area contributed by atoms with Gasteiger partial charge in [-0.25, -0.2) is 4.72 Å². The Kier molecular flexibility index (Phi) is 4.99. The summed E-state index contributed by atoms with van der Waals surface area (Å²) in [5.41, 5.74) is 0. The first kappa shape index (κ1) is 12.4. The fourth-order valence-corrected chi connectivity index (χ4v) is 1.75. The lowest BCUT2D eigenvalue weighted by molar-refractivity contribution is 0.403. The van der Waals surface area contributed by atoms with Crippen molar-refractivity contribution in [3.8, 4) is 12.3 Å². The number of nitrogens with zero attached hydrogens (tertiary/aromatic N) is 1. The van der Waals surface area contributed by atoms with Crippen LogP contribution in [0.25, 0.3) is 0 Å². The maximum atomic E-state index is 11.4. The molecular weight excluding hydrogens is 188 g/mol. The number of hydrogen-bond donors (Lipinski definition) is 1. The van der Waals surface area contributed by atoms with Crippen LogP contribution in [0.15, 0.2) is 0 Å². The van der Waals surface area contributed by atoms with E-state index in [1.165, 1.54) is 11.4 Å². The Balaban J connectivity index is 4.18. The average Bonchev–Trinajstić information content (AvgIpc) is 2.03. The molecule has 0 fully saturated rings. The van der Waals surface area contributed by atoms with Gasteiger partial charge in [-0.3, -0.25) is 0 Å². The fraction of sp³-hybridized carbons (Fsp3) is 0.750. The van der Waals surface area contributed by atoms with Gasteiger partial charge < -0.3 is 0 Å². The molecule has 13 heavy (non-hydrogen) atoms. The van der Waals surface area contributed by atoms with E-state index in [4.69, 9.17) is 6.42 Å². The zero-order valence-corrected chi connectivity index (χ0v) is 9.06. The molecule has 0 heterocycles. The summed E-state index contributed by atoms with van der Waals surface area (Å²) in [5.74, 6) is 2.36. The summed E-state index contributed by atoms with van der Waals surface area (Å²) in [6, 6.07) is -0.0525. The maximum Gasteiger partial charge on any atom is 0.279 e. The molecule has 76 valence electrons. The predicted octanol–water partition coefficient (Wildman–Crippen LogP) is 0.184. The molecule has 0 aliphatic carbocycles. The van der Waals surface area contributed by atoms with E-state index in [9.17, 15) is 8.42 Å². The van der Waals surface area contributed by atoms with Crippen LogP contribution in [0.5, 0.6) is 0 Å². The molecule has 0 spiro atoms. The zero-order chi connectivity index (χ0) is 10.5. The lowest BCUT2D eigenvalue weighted by Gasteiger charge is -2.20. The fourth-order valence-electron chi connectivity index (χ4n) is 0.632. The third-order valence-electron chi connectivity index (χ3n) is 1.66. The van der Waals surface area contributed by atoms with E-state index in [0.29, 0.717) is 6.42 Å². The van der Waals surface area contributed by atoms with Crippen molar-refractivity contribution >= 4 is 10.2 Å². The van der Waals surface area contributed by atoms with Crippen LogP contribution < -0.4 is 4.72 Å². The molecule has 4 nitrogen and oxygen atoms in total. The van der Waals surface area contributed by atoms with Gasteiger partial charge in [-0.05, 0) is 13.8 Å². The Labute approximate surface area is 80.5 Å². The second-order valence-corrected chi connectivity index (χ2v) is 4.78. The van der Waals surface area contributed by atoms with Crippen LogP contribution in [0.4, 0.5) is 0 Å². The molecular formula is C8H16N2O2S. The molecule has 0 aliphatic rings. The molecule has 0 saturated carbocycles. The summed E-state index contributed by atoms with van der Waals surface area (Å²) < 4.78 is 26.5. The van der Waals surface area contributed by atoms with Crippen LogP contribution in [-0.4, -0.2) is 32.4 Å². The van der Waals surface area contributed by atoms with Crippen LogP contribution in [0.3, 0.4) is 0 Å². The quantitative estimate of drug-likeness (QED) is 0.513. The molecule has 0 unspecified atom stereocenters. The van der Waals surface area contributed by atoms with Gasteiger partial charge in [0.1, 0.15) is 0 Å². The van der Waals surface area contributed by atoms with Crippen molar-refractivity contribution in [2.45, 2.75) is 26.3 Å². The van der Waals surface area contributed by atoms with Crippen molar-refractivity contribution in [2.24, 2.45) is 0 Å². The Morgan fingerprint density at radius 3 is 2.46 bits per heavy atom. The average molecular weight is 204 g/mol. The standard InChI is InChI=1S/C8H16N2O2S/c1-5-6-7-9-13(11,12)10(4)8(2)3/h1,8-9H,6-7H2,2-4H3. The highest BCUT2D eigenvalue weighted by atomic mass is 32.2. The topological polar surface area (TPSA) is 49.4 Å². The molecule has 0 aliphatic heterocycles.